The Morgan fingerprint density at radius 2 is 2.15 bits per heavy atom. The maximum atomic E-state index is 5.47. The van der Waals surface area contributed by atoms with E-state index < -0.39 is 0 Å². The van der Waals surface area contributed by atoms with Crippen LogP contribution in [0.2, 0.25) is 0 Å². The fraction of sp³-hybridized carbons (Fsp3) is 0.125. The topological polar surface area (TPSA) is 64.7 Å². The summed E-state index contributed by atoms with van der Waals surface area (Å²) >= 11 is 1.36. The molecule has 2 heterocycles. The van der Waals surface area contributed by atoms with Gasteiger partial charge in [-0.25, -0.2) is 0 Å². The zero-order chi connectivity index (χ0) is 9.26. The Hall–Kier alpha value is -1.49. The largest absolute Gasteiger partial charge is 0.374 e. The maximum absolute atomic E-state index is 5.47. The molecule has 0 spiro atoms. The summed E-state index contributed by atoms with van der Waals surface area (Å²) in [6.07, 6.45) is 1.77. The molecule has 0 aliphatic rings. The average molecular weight is 192 g/mol. The van der Waals surface area contributed by atoms with E-state index >= 15 is 0 Å². The quantitative estimate of drug-likeness (QED) is 0.743. The minimum atomic E-state index is 0.482. The summed E-state index contributed by atoms with van der Waals surface area (Å²) in [5.74, 6) is 0. The predicted octanol–water partition coefficient (Wildman–Crippen LogP) is 1.49. The van der Waals surface area contributed by atoms with Gasteiger partial charge in [0.05, 0.1) is 0 Å². The molecule has 0 aromatic carbocycles. The van der Waals surface area contributed by atoms with Gasteiger partial charge in [-0.3, -0.25) is 4.98 Å². The van der Waals surface area contributed by atoms with Crippen molar-refractivity contribution in [2.45, 2.75) is 6.92 Å². The molecule has 5 heteroatoms. The molecule has 0 saturated heterocycles. The van der Waals surface area contributed by atoms with Gasteiger partial charge in [-0.05, 0) is 19.1 Å². The molecule has 0 aliphatic carbocycles. The van der Waals surface area contributed by atoms with Crippen LogP contribution in [0, 0.1) is 6.92 Å². The fourth-order valence-electron chi connectivity index (χ4n) is 0.946. The van der Waals surface area contributed by atoms with Crippen molar-refractivity contribution in [3.63, 3.8) is 0 Å². The summed E-state index contributed by atoms with van der Waals surface area (Å²) in [7, 11) is 0. The van der Waals surface area contributed by atoms with E-state index in [1.165, 1.54) is 11.3 Å². The molecule has 66 valence electrons. The van der Waals surface area contributed by atoms with E-state index in [2.05, 4.69) is 15.2 Å². The number of pyridine rings is 1. The van der Waals surface area contributed by atoms with Gasteiger partial charge >= 0.3 is 0 Å². The number of anilines is 1. The molecule has 2 rings (SSSR count). The highest BCUT2D eigenvalue weighted by atomic mass is 32.1. The SMILES string of the molecule is Cc1ccc(-c2nnc(N)s2)cn1. The molecule has 0 bridgehead atoms. The van der Waals surface area contributed by atoms with Crippen molar-refractivity contribution in [2.24, 2.45) is 0 Å². The van der Waals surface area contributed by atoms with Crippen molar-refractivity contribution < 1.29 is 0 Å². The van der Waals surface area contributed by atoms with Gasteiger partial charge in [-0.2, -0.15) is 0 Å². The Morgan fingerprint density at radius 3 is 2.69 bits per heavy atom. The first-order valence-corrected chi connectivity index (χ1v) is 4.59. The van der Waals surface area contributed by atoms with Gasteiger partial charge in [0.2, 0.25) is 5.13 Å². The highest BCUT2D eigenvalue weighted by molar-refractivity contribution is 7.18. The second-order valence-corrected chi connectivity index (χ2v) is 3.64. The number of rotatable bonds is 1. The lowest BCUT2D eigenvalue weighted by Gasteiger charge is -1.93. The third-order valence-electron chi connectivity index (χ3n) is 1.60. The molecule has 13 heavy (non-hydrogen) atoms. The normalized spacial score (nSPS) is 10.2. The molecule has 2 N–H and O–H groups in total. The van der Waals surface area contributed by atoms with Gasteiger partial charge in [0.25, 0.3) is 0 Å². The van der Waals surface area contributed by atoms with Crippen molar-refractivity contribution >= 4 is 16.5 Å². The number of hydrogen-bond acceptors (Lipinski definition) is 5. The molecule has 0 amide bonds. The second kappa shape index (κ2) is 3.10. The van der Waals surface area contributed by atoms with Crippen LogP contribution in [0.5, 0.6) is 0 Å². The van der Waals surface area contributed by atoms with Gasteiger partial charge in [-0.1, -0.05) is 11.3 Å². The molecule has 2 aromatic rings. The van der Waals surface area contributed by atoms with Gasteiger partial charge in [-0.15, -0.1) is 10.2 Å². The second-order valence-electron chi connectivity index (χ2n) is 2.63. The van der Waals surface area contributed by atoms with Gasteiger partial charge in [0, 0.05) is 17.5 Å². The molecular weight excluding hydrogens is 184 g/mol. The first kappa shape index (κ1) is 8.12. The number of nitrogens with two attached hydrogens (primary N) is 1. The third-order valence-corrected chi connectivity index (χ3v) is 2.40. The van der Waals surface area contributed by atoms with E-state index in [1.807, 2.05) is 19.1 Å². The smallest absolute Gasteiger partial charge is 0.203 e. The summed E-state index contributed by atoms with van der Waals surface area (Å²) in [5.41, 5.74) is 7.42. The highest BCUT2D eigenvalue weighted by Gasteiger charge is 2.03. The molecule has 4 nitrogen and oxygen atoms in total. The first-order chi connectivity index (χ1) is 6.25. The summed E-state index contributed by atoms with van der Waals surface area (Å²) < 4.78 is 0. The maximum Gasteiger partial charge on any atom is 0.203 e. The lowest BCUT2D eigenvalue weighted by atomic mass is 10.3. The molecular formula is C8H8N4S. The Kier molecular flexibility index (Phi) is 1.94. The zero-order valence-corrected chi connectivity index (χ0v) is 7.88. The molecule has 0 unspecified atom stereocenters. The number of hydrogen-bond donors (Lipinski definition) is 1. The first-order valence-electron chi connectivity index (χ1n) is 3.78. The lowest BCUT2D eigenvalue weighted by Crippen LogP contribution is -1.82. The van der Waals surface area contributed by atoms with Crippen molar-refractivity contribution in [1.29, 1.82) is 0 Å². The van der Waals surface area contributed by atoms with Crippen LogP contribution in [0.25, 0.3) is 10.6 Å². The van der Waals surface area contributed by atoms with Gasteiger partial charge in [0.15, 0.2) is 5.01 Å². The van der Waals surface area contributed by atoms with Crippen LogP contribution in [0.15, 0.2) is 18.3 Å². The number of aryl methyl sites for hydroxylation is 1. The van der Waals surface area contributed by atoms with Crippen molar-refractivity contribution in [3.8, 4) is 10.6 Å². The number of aromatic nitrogens is 3. The van der Waals surface area contributed by atoms with Crippen LogP contribution in [-0.2, 0) is 0 Å². The van der Waals surface area contributed by atoms with E-state index in [0.717, 1.165) is 16.3 Å². The average Bonchev–Trinajstić information content (AvgIpc) is 2.53. The molecule has 0 aliphatic heterocycles. The number of nitrogen functional groups attached to an aromatic ring is 1. The molecule has 0 radical (unpaired) electrons. The van der Waals surface area contributed by atoms with Crippen molar-refractivity contribution in [2.75, 3.05) is 5.73 Å². The Balaban J connectivity index is 2.41. The Bertz CT molecular complexity index is 406. The standard InChI is InChI=1S/C8H8N4S/c1-5-2-3-6(4-10-5)7-11-12-8(9)13-7/h2-4H,1H3,(H2,9,12). The van der Waals surface area contributed by atoms with Crippen LogP contribution in [0.1, 0.15) is 5.69 Å². The lowest BCUT2D eigenvalue weighted by molar-refractivity contribution is 1.10. The molecule has 2 aromatic heterocycles. The van der Waals surface area contributed by atoms with E-state index in [9.17, 15) is 0 Å². The summed E-state index contributed by atoms with van der Waals surface area (Å²) in [4.78, 5) is 4.16. The fourth-order valence-corrected chi connectivity index (χ4v) is 1.55. The molecule has 0 atom stereocenters. The predicted molar refractivity (Wildman–Crippen MR) is 52.3 cm³/mol. The van der Waals surface area contributed by atoms with E-state index in [0.29, 0.717) is 5.13 Å². The summed E-state index contributed by atoms with van der Waals surface area (Å²) in [6.45, 7) is 1.94. The van der Waals surface area contributed by atoms with Crippen LogP contribution in [0.4, 0.5) is 5.13 Å². The van der Waals surface area contributed by atoms with Crippen LogP contribution >= 0.6 is 11.3 Å². The molecule has 0 saturated carbocycles. The van der Waals surface area contributed by atoms with Crippen LogP contribution in [0.3, 0.4) is 0 Å². The Labute approximate surface area is 79.5 Å². The summed E-state index contributed by atoms with van der Waals surface area (Å²) in [6, 6.07) is 3.90. The zero-order valence-electron chi connectivity index (χ0n) is 7.06. The minimum absolute atomic E-state index is 0.482. The van der Waals surface area contributed by atoms with Crippen LogP contribution in [-0.4, -0.2) is 15.2 Å². The summed E-state index contributed by atoms with van der Waals surface area (Å²) in [5, 5.41) is 8.95. The van der Waals surface area contributed by atoms with Crippen LogP contribution < -0.4 is 5.73 Å². The van der Waals surface area contributed by atoms with E-state index in [1.54, 1.807) is 6.20 Å². The van der Waals surface area contributed by atoms with Crippen molar-refractivity contribution in [1.82, 2.24) is 15.2 Å². The van der Waals surface area contributed by atoms with Gasteiger partial charge < -0.3 is 5.73 Å². The Morgan fingerprint density at radius 1 is 1.31 bits per heavy atom. The van der Waals surface area contributed by atoms with E-state index in [-0.39, 0.29) is 0 Å². The third kappa shape index (κ3) is 1.65. The van der Waals surface area contributed by atoms with Crippen molar-refractivity contribution in [3.05, 3.63) is 24.0 Å². The highest BCUT2D eigenvalue weighted by Crippen LogP contribution is 2.23. The minimum Gasteiger partial charge on any atom is -0.374 e. The monoisotopic (exact) mass is 192 g/mol. The number of nitrogens with zero attached hydrogens (tertiary/aromatic N) is 3. The van der Waals surface area contributed by atoms with Gasteiger partial charge in [0.1, 0.15) is 0 Å². The van der Waals surface area contributed by atoms with E-state index in [4.69, 9.17) is 5.73 Å². The molecule has 0 fully saturated rings.